The van der Waals surface area contributed by atoms with Crippen molar-refractivity contribution in [3.05, 3.63) is 58.4 Å². The van der Waals surface area contributed by atoms with Crippen LogP contribution < -0.4 is 5.32 Å². The molecule has 1 aromatic carbocycles. The molecule has 4 fully saturated rings. The van der Waals surface area contributed by atoms with Crippen LogP contribution in [0.25, 0.3) is 0 Å². The minimum atomic E-state index is -3.53. The Morgan fingerprint density at radius 2 is 1.78 bits per heavy atom. The fraction of sp³-hybridized carbons (Fsp3) is 0.500. The van der Waals surface area contributed by atoms with Crippen molar-refractivity contribution < 1.29 is 26.8 Å². The van der Waals surface area contributed by atoms with Gasteiger partial charge >= 0.3 is 0 Å². The Balaban J connectivity index is 1.27. The first-order valence-electron chi connectivity index (χ1n) is 12.6. The highest BCUT2D eigenvalue weighted by Gasteiger charge is 2.52. The van der Waals surface area contributed by atoms with Crippen LogP contribution in [0.4, 0.5) is 8.78 Å². The van der Waals surface area contributed by atoms with E-state index in [0.29, 0.717) is 19.3 Å². The topological polar surface area (TPSA) is 96.4 Å². The molecule has 0 bridgehead atoms. The maximum atomic E-state index is 14.7. The van der Waals surface area contributed by atoms with E-state index in [1.54, 1.807) is 0 Å². The number of rotatable bonds is 7. The summed E-state index contributed by atoms with van der Waals surface area (Å²) in [4.78, 5) is 32.8. The Morgan fingerprint density at radius 3 is 2.43 bits per heavy atom. The summed E-state index contributed by atoms with van der Waals surface area (Å²) in [5.41, 5.74) is 0.162. The SMILES string of the molecule is O=C(N[C@@H](c1cc(F)c(Cl)cc1F)C1CC1)[C@H]1C[C@H]2CC[C@H]2N1C(=O)c1cncc(S(=O)(=O)C2CC2)c1. The lowest BCUT2D eigenvalue weighted by Crippen LogP contribution is -2.51. The number of likely N-dealkylation sites (tertiary alicyclic amines) is 1. The van der Waals surface area contributed by atoms with E-state index < -0.39 is 50.6 Å². The molecular formula is C26H26ClF2N3O4S. The van der Waals surface area contributed by atoms with Crippen molar-refractivity contribution in [3.8, 4) is 0 Å². The third-order valence-electron chi connectivity index (χ3n) is 8.15. The summed E-state index contributed by atoms with van der Waals surface area (Å²) in [6.07, 6.45) is 7.40. The van der Waals surface area contributed by atoms with E-state index in [9.17, 15) is 26.8 Å². The smallest absolute Gasteiger partial charge is 0.256 e. The lowest BCUT2D eigenvalue weighted by atomic mass is 9.80. The summed E-state index contributed by atoms with van der Waals surface area (Å²) in [5.74, 6) is -2.20. The number of hydrogen-bond donors (Lipinski definition) is 1. The lowest BCUT2D eigenvalue weighted by Gasteiger charge is -2.37. The van der Waals surface area contributed by atoms with Crippen LogP contribution in [0.15, 0.2) is 35.5 Å². The normalized spacial score (nSPS) is 25.8. The summed E-state index contributed by atoms with van der Waals surface area (Å²) in [6, 6.07) is 1.63. The molecule has 11 heteroatoms. The number of fused-ring (bicyclic) bond motifs is 1. The molecule has 4 atom stereocenters. The van der Waals surface area contributed by atoms with Crippen LogP contribution >= 0.6 is 11.6 Å². The van der Waals surface area contributed by atoms with Gasteiger partial charge in [0, 0.05) is 24.0 Å². The van der Waals surface area contributed by atoms with Crippen molar-refractivity contribution in [2.24, 2.45) is 11.8 Å². The van der Waals surface area contributed by atoms with Gasteiger partial charge in [0.1, 0.15) is 17.7 Å². The first-order chi connectivity index (χ1) is 17.6. The lowest BCUT2D eigenvalue weighted by molar-refractivity contribution is -0.126. The highest BCUT2D eigenvalue weighted by molar-refractivity contribution is 7.92. The summed E-state index contributed by atoms with van der Waals surface area (Å²) < 4.78 is 54.3. The quantitative estimate of drug-likeness (QED) is 0.522. The number of carbonyl (C=O) groups is 2. The van der Waals surface area contributed by atoms with E-state index in [2.05, 4.69) is 10.3 Å². The minimum Gasteiger partial charge on any atom is -0.347 e. The number of nitrogens with one attached hydrogen (secondary N) is 1. The number of hydrogen-bond acceptors (Lipinski definition) is 5. The number of carbonyl (C=O) groups excluding carboxylic acids is 2. The van der Waals surface area contributed by atoms with Crippen molar-refractivity contribution in [2.75, 3.05) is 0 Å². The van der Waals surface area contributed by atoms with Gasteiger partial charge in [0.05, 0.1) is 26.8 Å². The molecule has 4 aliphatic rings. The van der Waals surface area contributed by atoms with Gasteiger partial charge in [-0.15, -0.1) is 0 Å². The molecule has 1 aromatic heterocycles. The van der Waals surface area contributed by atoms with Gasteiger partial charge < -0.3 is 10.2 Å². The second-order valence-electron chi connectivity index (χ2n) is 10.6. The van der Waals surface area contributed by atoms with Crippen molar-refractivity contribution in [1.29, 1.82) is 0 Å². The number of aromatic nitrogens is 1. The summed E-state index contributed by atoms with van der Waals surface area (Å²) in [7, 11) is -3.53. The molecule has 1 aliphatic heterocycles. The number of sulfone groups is 1. The van der Waals surface area contributed by atoms with Crippen molar-refractivity contribution in [3.63, 3.8) is 0 Å². The second kappa shape index (κ2) is 9.01. The largest absolute Gasteiger partial charge is 0.347 e. The highest BCUT2D eigenvalue weighted by Crippen LogP contribution is 2.46. The van der Waals surface area contributed by atoms with E-state index in [1.165, 1.54) is 23.4 Å². The molecule has 0 radical (unpaired) electrons. The van der Waals surface area contributed by atoms with Crippen molar-refractivity contribution in [1.82, 2.24) is 15.2 Å². The third-order valence-corrected chi connectivity index (χ3v) is 10.7. The molecule has 196 valence electrons. The predicted octanol–water partition coefficient (Wildman–Crippen LogP) is 4.21. The number of benzene rings is 1. The number of nitrogens with zero attached hydrogens (tertiary/aromatic N) is 2. The zero-order chi connectivity index (χ0) is 26.1. The van der Waals surface area contributed by atoms with Gasteiger partial charge in [-0.2, -0.15) is 0 Å². The Hall–Kier alpha value is -2.59. The monoisotopic (exact) mass is 549 g/mol. The van der Waals surface area contributed by atoms with Gasteiger partial charge in [-0.25, -0.2) is 17.2 Å². The standard InChI is InChI=1S/C26H26ClF2N3O4S/c27-19-10-20(28)18(9-21(19)29)24(13-1-2-13)31-25(33)23-8-14-3-6-22(14)32(23)26(34)15-7-17(12-30-11-15)37(35,36)16-4-5-16/h7,9-14,16,22-24H,1-6,8H2,(H,31,33)/t14-,22-,23-,24-/m1/s1. The van der Waals surface area contributed by atoms with E-state index in [0.717, 1.165) is 37.8 Å². The van der Waals surface area contributed by atoms with Gasteiger partial charge in [0.25, 0.3) is 5.91 Å². The van der Waals surface area contributed by atoms with Gasteiger partial charge in [-0.1, -0.05) is 11.6 Å². The average Bonchev–Trinajstić information content (AvgIpc) is 3.76. The molecular weight excluding hydrogens is 524 g/mol. The molecule has 3 aliphatic carbocycles. The minimum absolute atomic E-state index is 0.0141. The maximum Gasteiger partial charge on any atom is 0.256 e. The van der Waals surface area contributed by atoms with Crippen LogP contribution in [0, 0.1) is 23.5 Å². The van der Waals surface area contributed by atoms with E-state index in [1.807, 2.05) is 0 Å². The van der Waals surface area contributed by atoms with Gasteiger partial charge in [-0.05, 0) is 75.0 Å². The van der Waals surface area contributed by atoms with Crippen molar-refractivity contribution in [2.45, 2.75) is 73.2 Å². The van der Waals surface area contributed by atoms with E-state index >= 15 is 0 Å². The van der Waals surface area contributed by atoms with Crippen LogP contribution in [0.3, 0.4) is 0 Å². The molecule has 0 unspecified atom stereocenters. The van der Waals surface area contributed by atoms with Gasteiger partial charge in [0.15, 0.2) is 9.84 Å². The molecule has 7 nitrogen and oxygen atoms in total. The van der Waals surface area contributed by atoms with Gasteiger partial charge in [-0.3, -0.25) is 14.6 Å². The van der Waals surface area contributed by atoms with E-state index in [4.69, 9.17) is 11.6 Å². The fourth-order valence-corrected chi connectivity index (χ4v) is 7.46. The molecule has 2 amide bonds. The first-order valence-corrected chi connectivity index (χ1v) is 14.5. The summed E-state index contributed by atoms with van der Waals surface area (Å²) in [6.45, 7) is 0. The Kier molecular flexibility index (Phi) is 6.02. The maximum absolute atomic E-state index is 14.7. The molecule has 0 spiro atoms. The Morgan fingerprint density at radius 1 is 1.03 bits per heavy atom. The first kappa shape index (κ1) is 24.7. The third kappa shape index (κ3) is 4.41. The molecule has 6 rings (SSSR count). The molecule has 3 saturated carbocycles. The zero-order valence-corrected chi connectivity index (χ0v) is 21.4. The molecule has 2 heterocycles. The fourth-order valence-electron chi connectivity index (χ4n) is 5.67. The van der Waals surface area contributed by atoms with Crippen LogP contribution in [0.5, 0.6) is 0 Å². The van der Waals surface area contributed by atoms with Crippen LogP contribution in [-0.2, 0) is 14.6 Å². The summed E-state index contributed by atoms with van der Waals surface area (Å²) >= 11 is 5.72. The number of halogens is 3. The van der Waals surface area contributed by atoms with E-state index in [-0.39, 0.29) is 38.9 Å². The van der Waals surface area contributed by atoms with Crippen LogP contribution in [0.1, 0.15) is 66.9 Å². The summed E-state index contributed by atoms with van der Waals surface area (Å²) in [5, 5.41) is 2.13. The second-order valence-corrected chi connectivity index (χ2v) is 13.3. The Bertz CT molecular complexity index is 1400. The van der Waals surface area contributed by atoms with Crippen molar-refractivity contribution >= 4 is 33.3 Å². The van der Waals surface area contributed by atoms with Crippen LogP contribution in [0.2, 0.25) is 5.02 Å². The molecule has 1 N–H and O–H groups in total. The molecule has 1 saturated heterocycles. The number of pyridine rings is 1. The molecule has 37 heavy (non-hydrogen) atoms. The predicted molar refractivity (Wildman–Crippen MR) is 131 cm³/mol. The average molecular weight is 550 g/mol. The number of amides is 2. The Labute approximate surface area is 218 Å². The highest BCUT2D eigenvalue weighted by atomic mass is 35.5. The molecule has 2 aromatic rings. The van der Waals surface area contributed by atoms with Gasteiger partial charge in [0.2, 0.25) is 5.91 Å². The van der Waals surface area contributed by atoms with Crippen LogP contribution in [-0.4, -0.2) is 47.4 Å². The zero-order valence-electron chi connectivity index (χ0n) is 19.9.